The Bertz CT molecular complexity index is 756. The first-order valence-corrected chi connectivity index (χ1v) is 10.2. The van der Waals surface area contributed by atoms with Crippen molar-refractivity contribution in [2.75, 3.05) is 18.4 Å². The fourth-order valence-corrected chi connectivity index (χ4v) is 3.74. The number of methoxy groups -OCH3 is 1. The van der Waals surface area contributed by atoms with Gasteiger partial charge >= 0.3 is 5.97 Å². The zero-order valence-electron chi connectivity index (χ0n) is 15.9. The molecule has 0 aromatic carbocycles. The average Bonchev–Trinajstić information content (AvgIpc) is 3.40. The molecule has 2 rings (SSSR count). The summed E-state index contributed by atoms with van der Waals surface area (Å²) in [5.41, 5.74) is -1.25. The Kier molecular flexibility index (Phi) is 5.92. The third-order valence-corrected chi connectivity index (χ3v) is 6.09. The van der Waals surface area contributed by atoms with Crippen LogP contribution in [0, 0.1) is 0 Å². The van der Waals surface area contributed by atoms with E-state index in [2.05, 4.69) is 14.7 Å². The maximum atomic E-state index is 12.6. The van der Waals surface area contributed by atoms with E-state index >= 15 is 0 Å². The lowest BCUT2D eigenvalue weighted by molar-refractivity contribution is -0.153. The number of anilines is 1. The maximum Gasteiger partial charge on any atom is 0.320 e. The second-order valence-electron chi connectivity index (χ2n) is 7.44. The Morgan fingerprint density at radius 1 is 1.35 bits per heavy atom. The van der Waals surface area contributed by atoms with Crippen molar-refractivity contribution < 1.29 is 22.7 Å². The number of carbonyl (C=O) groups is 1. The second-order valence-corrected chi connectivity index (χ2v) is 9.40. The van der Waals surface area contributed by atoms with Crippen molar-refractivity contribution in [2.24, 2.45) is 0 Å². The summed E-state index contributed by atoms with van der Waals surface area (Å²) in [6, 6.07) is 1.58. The number of aromatic nitrogens is 2. The lowest BCUT2D eigenvalue weighted by atomic mass is 9.82. The molecule has 26 heavy (non-hydrogen) atoms. The highest BCUT2D eigenvalue weighted by molar-refractivity contribution is 7.93. The highest BCUT2D eigenvalue weighted by Gasteiger charge is 2.43. The summed E-state index contributed by atoms with van der Waals surface area (Å²) in [5.74, 6) is -0.536. The summed E-state index contributed by atoms with van der Waals surface area (Å²) in [5, 5.41) is -0.393. The number of nitrogens with zero attached hydrogens (tertiary/aromatic N) is 2. The molecule has 1 saturated carbocycles. The van der Waals surface area contributed by atoms with Gasteiger partial charge in [0.15, 0.2) is 0 Å². The quantitative estimate of drug-likeness (QED) is 0.682. The molecular formula is C17H27N3O5S. The Morgan fingerprint density at radius 3 is 2.50 bits per heavy atom. The summed E-state index contributed by atoms with van der Waals surface area (Å²) >= 11 is 0. The molecule has 0 radical (unpaired) electrons. The fraction of sp³-hybridized carbons (Fsp3) is 0.706. The summed E-state index contributed by atoms with van der Waals surface area (Å²) < 4.78 is 37.5. The summed E-state index contributed by atoms with van der Waals surface area (Å²) in [6.07, 6.45) is 3.07. The number of rotatable bonds is 8. The van der Waals surface area contributed by atoms with Gasteiger partial charge in [-0.3, -0.25) is 9.52 Å². The molecule has 1 aliphatic rings. The SMILES string of the molecule is CCC(COC(C)(C)C)(C(=O)OC)c1ccnc(NS(=O)(=O)C2CC2)n1. The number of nitrogens with one attached hydrogen (secondary N) is 1. The van der Waals surface area contributed by atoms with E-state index in [9.17, 15) is 13.2 Å². The Morgan fingerprint density at radius 2 is 2.00 bits per heavy atom. The van der Waals surface area contributed by atoms with E-state index in [1.165, 1.54) is 13.3 Å². The predicted molar refractivity (Wildman–Crippen MR) is 97.3 cm³/mol. The number of ether oxygens (including phenoxy) is 2. The van der Waals surface area contributed by atoms with Crippen molar-refractivity contribution in [3.63, 3.8) is 0 Å². The van der Waals surface area contributed by atoms with Crippen LogP contribution < -0.4 is 4.72 Å². The van der Waals surface area contributed by atoms with E-state index in [1.54, 1.807) is 6.07 Å². The molecule has 0 bridgehead atoms. The Labute approximate surface area is 154 Å². The summed E-state index contributed by atoms with van der Waals surface area (Å²) in [6.45, 7) is 7.56. The molecule has 1 atom stereocenters. The van der Waals surface area contributed by atoms with Gasteiger partial charge in [0.25, 0.3) is 0 Å². The molecule has 0 spiro atoms. The Balaban J connectivity index is 2.37. The van der Waals surface area contributed by atoms with Crippen LogP contribution >= 0.6 is 0 Å². The second kappa shape index (κ2) is 7.48. The molecule has 0 amide bonds. The van der Waals surface area contributed by atoms with Gasteiger partial charge < -0.3 is 9.47 Å². The van der Waals surface area contributed by atoms with E-state index in [1.807, 2.05) is 27.7 Å². The molecule has 0 saturated heterocycles. The normalized spacial score (nSPS) is 17.4. The van der Waals surface area contributed by atoms with Gasteiger partial charge in [0, 0.05) is 6.20 Å². The molecule has 0 aliphatic heterocycles. The van der Waals surface area contributed by atoms with Gasteiger partial charge in [-0.25, -0.2) is 18.4 Å². The van der Waals surface area contributed by atoms with Crippen LogP contribution in [-0.4, -0.2) is 48.9 Å². The van der Waals surface area contributed by atoms with E-state index in [4.69, 9.17) is 9.47 Å². The van der Waals surface area contributed by atoms with E-state index in [0.717, 1.165) is 0 Å². The monoisotopic (exact) mass is 385 g/mol. The number of carbonyl (C=O) groups excluding carboxylic acids is 1. The average molecular weight is 385 g/mol. The topological polar surface area (TPSA) is 107 Å². The van der Waals surface area contributed by atoms with Crippen molar-refractivity contribution in [3.8, 4) is 0 Å². The summed E-state index contributed by atoms with van der Waals surface area (Å²) in [7, 11) is -2.19. The molecule has 9 heteroatoms. The maximum absolute atomic E-state index is 12.6. The van der Waals surface area contributed by atoms with Crippen molar-refractivity contribution in [3.05, 3.63) is 18.0 Å². The van der Waals surface area contributed by atoms with Crippen LogP contribution in [0.25, 0.3) is 0 Å². The lowest BCUT2D eigenvalue weighted by Crippen LogP contribution is -2.44. The van der Waals surface area contributed by atoms with E-state index in [-0.39, 0.29) is 12.6 Å². The minimum absolute atomic E-state index is 0.0492. The number of esters is 1. The highest BCUT2D eigenvalue weighted by Crippen LogP contribution is 2.32. The standard InChI is InChI=1S/C17H27N3O5S/c1-6-17(14(21)24-5,11-25-16(2,3)4)13-9-10-18-15(19-13)20-26(22,23)12-7-8-12/h9-10,12H,6-8,11H2,1-5H3,(H,18,19,20). The van der Waals surface area contributed by atoms with Crippen LogP contribution in [0.3, 0.4) is 0 Å². The summed E-state index contributed by atoms with van der Waals surface area (Å²) in [4.78, 5) is 20.9. The van der Waals surface area contributed by atoms with Crippen molar-refractivity contribution in [1.82, 2.24) is 9.97 Å². The Hall–Kier alpha value is -1.74. The van der Waals surface area contributed by atoms with Crippen LogP contribution in [0.1, 0.15) is 52.7 Å². The molecule has 1 aromatic heterocycles. The fourth-order valence-electron chi connectivity index (χ4n) is 2.46. The smallest absolute Gasteiger partial charge is 0.320 e. The van der Waals surface area contributed by atoms with E-state index < -0.39 is 32.3 Å². The third-order valence-electron chi connectivity index (χ3n) is 4.27. The van der Waals surface area contributed by atoms with Crippen LogP contribution in [0.15, 0.2) is 12.3 Å². The molecule has 1 unspecified atom stereocenters. The highest BCUT2D eigenvalue weighted by atomic mass is 32.2. The van der Waals surface area contributed by atoms with Gasteiger partial charge in [0.2, 0.25) is 16.0 Å². The molecule has 146 valence electrons. The molecule has 1 heterocycles. The van der Waals surface area contributed by atoms with Crippen molar-refractivity contribution in [1.29, 1.82) is 0 Å². The number of hydrogen-bond donors (Lipinski definition) is 1. The largest absolute Gasteiger partial charge is 0.468 e. The van der Waals surface area contributed by atoms with Crippen LogP contribution in [0.4, 0.5) is 5.95 Å². The van der Waals surface area contributed by atoms with Gasteiger partial charge in [0.1, 0.15) is 5.41 Å². The van der Waals surface area contributed by atoms with Crippen LogP contribution in [0.5, 0.6) is 0 Å². The minimum atomic E-state index is -3.49. The van der Waals surface area contributed by atoms with Crippen molar-refractivity contribution in [2.45, 2.75) is 63.2 Å². The molecule has 1 fully saturated rings. The van der Waals surface area contributed by atoms with Gasteiger partial charge in [-0.2, -0.15) is 0 Å². The molecule has 1 aromatic rings. The lowest BCUT2D eigenvalue weighted by Gasteiger charge is -2.32. The van der Waals surface area contributed by atoms with E-state index in [0.29, 0.717) is 25.0 Å². The minimum Gasteiger partial charge on any atom is -0.468 e. The number of sulfonamides is 1. The van der Waals surface area contributed by atoms with Gasteiger partial charge in [-0.1, -0.05) is 6.92 Å². The van der Waals surface area contributed by atoms with Crippen molar-refractivity contribution >= 4 is 21.9 Å². The van der Waals surface area contributed by atoms with Gasteiger partial charge in [-0.15, -0.1) is 0 Å². The zero-order chi connectivity index (χ0) is 19.6. The molecule has 8 nitrogen and oxygen atoms in total. The predicted octanol–water partition coefficient (Wildman–Crippen LogP) is 2.02. The first-order chi connectivity index (χ1) is 12.0. The molecule has 1 aliphatic carbocycles. The van der Waals surface area contributed by atoms with Gasteiger partial charge in [-0.05, 0) is 46.1 Å². The third kappa shape index (κ3) is 4.70. The molecule has 1 N–H and O–H groups in total. The molecular weight excluding hydrogens is 358 g/mol. The number of hydrogen-bond acceptors (Lipinski definition) is 7. The first-order valence-electron chi connectivity index (χ1n) is 8.61. The first kappa shape index (κ1) is 20.6. The zero-order valence-corrected chi connectivity index (χ0v) is 16.7. The van der Waals surface area contributed by atoms with Gasteiger partial charge in [0.05, 0.1) is 30.3 Å². The van der Waals surface area contributed by atoms with Crippen LogP contribution in [0.2, 0.25) is 0 Å². The van der Waals surface area contributed by atoms with Crippen LogP contribution in [-0.2, 0) is 29.7 Å².